The van der Waals surface area contributed by atoms with Gasteiger partial charge < -0.3 is 15.4 Å². The summed E-state index contributed by atoms with van der Waals surface area (Å²) in [6.07, 6.45) is 2.78. The molecule has 9 heteroatoms. The number of aromatic nitrogens is 4. The van der Waals surface area contributed by atoms with E-state index in [9.17, 15) is 4.79 Å². The van der Waals surface area contributed by atoms with E-state index in [2.05, 4.69) is 39.5 Å². The average molecular weight is 429 g/mol. The van der Waals surface area contributed by atoms with Crippen LogP contribution in [0.5, 0.6) is 5.75 Å². The Bertz CT molecular complexity index is 991. The second-order valence-corrected chi connectivity index (χ2v) is 7.95. The normalized spacial score (nSPS) is 10.9. The minimum Gasteiger partial charge on any atom is -0.484 e. The van der Waals surface area contributed by atoms with Crippen LogP contribution in [-0.4, -0.2) is 51.1 Å². The number of benzene rings is 1. The number of fused-ring (bicyclic) bond motifs is 1. The van der Waals surface area contributed by atoms with Gasteiger partial charge in [0.25, 0.3) is 5.91 Å². The summed E-state index contributed by atoms with van der Waals surface area (Å²) in [5.41, 5.74) is 1.77. The number of hydrogen-bond acceptors (Lipinski definition) is 7. The first-order chi connectivity index (χ1) is 14.6. The number of ether oxygens (including phenoxy) is 1. The lowest BCUT2D eigenvalue weighted by Gasteiger charge is -2.10. The average Bonchev–Trinajstić information content (AvgIpc) is 3.15. The van der Waals surface area contributed by atoms with Crippen molar-refractivity contribution in [2.75, 3.05) is 30.8 Å². The Morgan fingerprint density at radius 3 is 2.80 bits per heavy atom. The van der Waals surface area contributed by atoms with Gasteiger partial charge in [0, 0.05) is 13.1 Å². The zero-order valence-corrected chi connectivity index (χ0v) is 18.5. The van der Waals surface area contributed by atoms with Gasteiger partial charge in [0.2, 0.25) is 0 Å². The number of aryl methyl sites for hydroxylation is 1. The molecular formula is C21H28N6O2S. The van der Waals surface area contributed by atoms with Gasteiger partial charge in [-0.05, 0) is 30.7 Å². The van der Waals surface area contributed by atoms with E-state index >= 15 is 0 Å². The first-order valence-electron chi connectivity index (χ1n) is 10.2. The largest absolute Gasteiger partial charge is 0.484 e. The number of nitrogens with one attached hydrogen (secondary N) is 2. The standard InChI is InChI=1S/C21H28N6O2S/c1-4-10-23-19-16-13-24-27(20(16)26-21(25-19)30-5-2)12-11-22-18(28)14-29-17-9-7-6-8-15(17)3/h6-9,13H,4-5,10-12,14H2,1-3H3,(H,22,28)(H,23,25,26). The van der Waals surface area contributed by atoms with Crippen LogP contribution in [0.3, 0.4) is 0 Å². The van der Waals surface area contributed by atoms with Gasteiger partial charge in [-0.2, -0.15) is 5.10 Å². The molecule has 1 amide bonds. The van der Waals surface area contributed by atoms with E-state index in [0.29, 0.717) is 13.1 Å². The molecule has 0 aliphatic heterocycles. The van der Waals surface area contributed by atoms with Gasteiger partial charge in [-0.25, -0.2) is 14.6 Å². The van der Waals surface area contributed by atoms with Crippen LogP contribution < -0.4 is 15.4 Å². The van der Waals surface area contributed by atoms with Crippen LogP contribution in [0.1, 0.15) is 25.8 Å². The fourth-order valence-corrected chi connectivity index (χ4v) is 3.45. The van der Waals surface area contributed by atoms with E-state index < -0.39 is 0 Å². The molecule has 0 atom stereocenters. The Morgan fingerprint density at radius 1 is 1.20 bits per heavy atom. The summed E-state index contributed by atoms with van der Waals surface area (Å²) in [4.78, 5) is 21.4. The lowest BCUT2D eigenvalue weighted by Crippen LogP contribution is -2.31. The highest BCUT2D eigenvalue weighted by Gasteiger charge is 2.13. The van der Waals surface area contributed by atoms with Crippen molar-refractivity contribution in [3.05, 3.63) is 36.0 Å². The molecule has 0 aliphatic carbocycles. The summed E-state index contributed by atoms with van der Waals surface area (Å²) in [5, 5.41) is 12.3. The van der Waals surface area contributed by atoms with Gasteiger partial charge in [-0.15, -0.1) is 0 Å². The molecule has 1 aromatic carbocycles. The number of thioether (sulfide) groups is 1. The highest BCUT2D eigenvalue weighted by molar-refractivity contribution is 7.99. The second kappa shape index (κ2) is 10.8. The Morgan fingerprint density at radius 2 is 2.03 bits per heavy atom. The molecule has 160 valence electrons. The Kier molecular flexibility index (Phi) is 7.89. The van der Waals surface area contributed by atoms with Crippen molar-refractivity contribution in [2.45, 2.75) is 38.9 Å². The molecule has 0 saturated carbocycles. The fraction of sp³-hybridized carbons (Fsp3) is 0.429. The monoisotopic (exact) mass is 428 g/mol. The van der Waals surface area contributed by atoms with Crippen molar-refractivity contribution in [1.82, 2.24) is 25.1 Å². The molecule has 2 aromatic heterocycles. The number of nitrogens with zero attached hydrogens (tertiary/aromatic N) is 4. The molecule has 0 unspecified atom stereocenters. The topological polar surface area (TPSA) is 94.0 Å². The zero-order chi connectivity index (χ0) is 21.3. The summed E-state index contributed by atoms with van der Waals surface area (Å²) < 4.78 is 7.39. The first kappa shape index (κ1) is 21.9. The maximum Gasteiger partial charge on any atom is 0.258 e. The molecule has 0 aliphatic rings. The zero-order valence-electron chi connectivity index (χ0n) is 17.6. The summed E-state index contributed by atoms with van der Waals surface area (Å²) >= 11 is 1.59. The maximum absolute atomic E-state index is 12.1. The predicted molar refractivity (Wildman–Crippen MR) is 120 cm³/mol. The summed E-state index contributed by atoms with van der Waals surface area (Å²) in [6.45, 7) is 7.91. The van der Waals surface area contributed by atoms with Crippen molar-refractivity contribution in [2.24, 2.45) is 0 Å². The van der Waals surface area contributed by atoms with Crippen molar-refractivity contribution >= 4 is 34.5 Å². The quantitative estimate of drug-likeness (QED) is 0.358. The smallest absolute Gasteiger partial charge is 0.258 e. The molecule has 0 saturated heterocycles. The highest BCUT2D eigenvalue weighted by atomic mass is 32.2. The van der Waals surface area contributed by atoms with Gasteiger partial charge in [-0.1, -0.05) is 43.8 Å². The maximum atomic E-state index is 12.1. The van der Waals surface area contributed by atoms with Crippen LogP contribution in [0.15, 0.2) is 35.6 Å². The van der Waals surface area contributed by atoms with E-state index in [1.165, 1.54) is 0 Å². The van der Waals surface area contributed by atoms with E-state index in [1.54, 1.807) is 22.6 Å². The van der Waals surface area contributed by atoms with Gasteiger partial charge in [0.15, 0.2) is 17.4 Å². The highest BCUT2D eigenvalue weighted by Crippen LogP contribution is 2.24. The number of para-hydroxylation sites is 1. The summed E-state index contributed by atoms with van der Waals surface area (Å²) in [6, 6.07) is 7.63. The molecule has 0 radical (unpaired) electrons. The van der Waals surface area contributed by atoms with E-state index in [-0.39, 0.29) is 12.5 Å². The molecule has 8 nitrogen and oxygen atoms in total. The molecule has 30 heavy (non-hydrogen) atoms. The van der Waals surface area contributed by atoms with Gasteiger partial charge in [0.1, 0.15) is 11.6 Å². The van der Waals surface area contributed by atoms with Gasteiger partial charge in [-0.3, -0.25) is 4.79 Å². The van der Waals surface area contributed by atoms with Crippen molar-refractivity contribution in [1.29, 1.82) is 0 Å². The molecular weight excluding hydrogens is 400 g/mol. The van der Waals surface area contributed by atoms with Crippen LogP contribution in [0, 0.1) is 6.92 Å². The van der Waals surface area contributed by atoms with Gasteiger partial charge >= 0.3 is 0 Å². The third-order valence-electron chi connectivity index (χ3n) is 4.39. The molecule has 2 N–H and O–H groups in total. The lowest BCUT2D eigenvalue weighted by atomic mass is 10.2. The van der Waals surface area contributed by atoms with Crippen molar-refractivity contribution in [3.63, 3.8) is 0 Å². The van der Waals surface area contributed by atoms with Crippen molar-refractivity contribution < 1.29 is 9.53 Å². The minimum absolute atomic E-state index is 0.0186. The SMILES string of the molecule is CCCNc1nc(SCC)nc2c1cnn2CCNC(=O)COc1ccccc1C. The van der Waals surface area contributed by atoms with E-state index in [0.717, 1.165) is 52.0 Å². The fourth-order valence-electron chi connectivity index (χ4n) is 2.88. The van der Waals surface area contributed by atoms with Crippen LogP contribution in [-0.2, 0) is 11.3 Å². The summed E-state index contributed by atoms with van der Waals surface area (Å²) in [7, 11) is 0. The number of anilines is 1. The van der Waals surface area contributed by atoms with Crippen LogP contribution in [0.25, 0.3) is 11.0 Å². The summed E-state index contributed by atoms with van der Waals surface area (Å²) in [5.74, 6) is 2.25. The Hall–Kier alpha value is -2.81. The number of rotatable bonds is 11. The third kappa shape index (κ3) is 5.63. The molecule has 0 fully saturated rings. The molecule has 2 heterocycles. The van der Waals surface area contributed by atoms with Gasteiger partial charge in [0.05, 0.1) is 18.1 Å². The molecule has 0 bridgehead atoms. The van der Waals surface area contributed by atoms with Crippen LogP contribution >= 0.6 is 11.8 Å². The number of carbonyl (C=O) groups excluding carboxylic acids is 1. The second-order valence-electron chi connectivity index (χ2n) is 6.72. The number of carbonyl (C=O) groups is 1. The van der Waals surface area contributed by atoms with E-state index in [1.807, 2.05) is 31.2 Å². The third-order valence-corrected chi connectivity index (χ3v) is 5.12. The van der Waals surface area contributed by atoms with Crippen LogP contribution in [0.4, 0.5) is 5.82 Å². The lowest BCUT2D eigenvalue weighted by molar-refractivity contribution is -0.123. The minimum atomic E-state index is -0.170. The molecule has 0 spiro atoms. The number of amides is 1. The Balaban J connectivity index is 1.60. The van der Waals surface area contributed by atoms with Crippen molar-refractivity contribution in [3.8, 4) is 5.75 Å². The molecule has 3 rings (SSSR count). The first-order valence-corrected chi connectivity index (χ1v) is 11.2. The van der Waals surface area contributed by atoms with E-state index in [4.69, 9.17) is 4.74 Å². The van der Waals surface area contributed by atoms with Crippen LogP contribution in [0.2, 0.25) is 0 Å². The Labute approximate surface area is 180 Å². The number of hydrogen-bond donors (Lipinski definition) is 2. The predicted octanol–water partition coefficient (Wildman–Crippen LogP) is 3.26. The molecule has 3 aromatic rings.